The van der Waals surface area contributed by atoms with Crippen LogP contribution in [0.15, 0.2) is 65.5 Å². The Morgan fingerprint density at radius 1 is 0.929 bits per heavy atom. The van der Waals surface area contributed by atoms with Gasteiger partial charge in [-0.1, -0.05) is 36.4 Å². The third-order valence-electron chi connectivity index (χ3n) is 5.92. The fraction of sp³-hybridized carbons (Fsp3) is 0.348. The number of nitrogens with zero attached hydrogens (tertiary/aromatic N) is 4. The summed E-state index contributed by atoms with van der Waals surface area (Å²) in [5.74, 6) is 0. The van der Waals surface area contributed by atoms with Crippen LogP contribution in [0.1, 0.15) is 18.2 Å². The van der Waals surface area contributed by atoms with Crippen LogP contribution in [-0.2, 0) is 13.6 Å². The molecule has 0 amide bonds. The monoisotopic (exact) mass is 376 g/mol. The Hall–Kier alpha value is -2.79. The summed E-state index contributed by atoms with van der Waals surface area (Å²) >= 11 is 0. The molecule has 1 fully saturated rings. The Balaban J connectivity index is 1.55. The van der Waals surface area contributed by atoms with Crippen molar-refractivity contribution < 1.29 is 0 Å². The normalized spacial score (nSPS) is 17.8. The molecule has 0 bridgehead atoms. The van der Waals surface area contributed by atoms with Gasteiger partial charge in [0.2, 0.25) is 0 Å². The first-order valence-electron chi connectivity index (χ1n) is 9.93. The van der Waals surface area contributed by atoms with Gasteiger partial charge in [0.1, 0.15) is 0 Å². The first-order chi connectivity index (χ1) is 13.6. The number of para-hydroxylation sites is 2. The Labute approximate surface area is 166 Å². The minimum Gasteiger partial charge on any atom is -0.369 e. The van der Waals surface area contributed by atoms with Gasteiger partial charge in [-0.15, -0.1) is 0 Å². The molecule has 0 spiro atoms. The van der Waals surface area contributed by atoms with Gasteiger partial charge in [-0.25, -0.2) is 4.68 Å². The van der Waals surface area contributed by atoms with Crippen molar-refractivity contribution in [2.75, 3.05) is 24.5 Å². The van der Waals surface area contributed by atoms with Crippen molar-refractivity contribution in [3.8, 4) is 5.69 Å². The van der Waals surface area contributed by atoms with E-state index >= 15 is 0 Å². The molecule has 2 aromatic carbocycles. The van der Waals surface area contributed by atoms with E-state index in [-0.39, 0.29) is 5.56 Å². The highest BCUT2D eigenvalue weighted by molar-refractivity contribution is 5.46. The number of piperazine rings is 1. The van der Waals surface area contributed by atoms with Crippen molar-refractivity contribution in [3.63, 3.8) is 0 Å². The molecule has 0 saturated carbocycles. The summed E-state index contributed by atoms with van der Waals surface area (Å²) in [7, 11) is 1.96. The summed E-state index contributed by atoms with van der Waals surface area (Å²) in [6.07, 6.45) is 0. The summed E-state index contributed by atoms with van der Waals surface area (Å²) in [5.41, 5.74) is 4.20. The molecule has 1 saturated heterocycles. The molecule has 2 heterocycles. The Bertz CT molecular complexity index is 991. The van der Waals surface area contributed by atoms with Gasteiger partial charge in [-0.3, -0.25) is 14.4 Å². The highest BCUT2D eigenvalue weighted by atomic mass is 16.1. The molecule has 1 aliphatic heterocycles. The van der Waals surface area contributed by atoms with Gasteiger partial charge >= 0.3 is 0 Å². The molecular weight excluding hydrogens is 348 g/mol. The molecule has 1 aromatic heterocycles. The Morgan fingerprint density at radius 2 is 1.54 bits per heavy atom. The van der Waals surface area contributed by atoms with Gasteiger partial charge in [-0.05, 0) is 38.1 Å². The van der Waals surface area contributed by atoms with E-state index in [9.17, 15) is 4.79 Å². The zero-order chi connectivity index (χ0) is 19.7. The van der Waals surface area contributed by atoms with Crippen LogP contribution < -0.4 is 10.5 Å². The largest absolute Gasteiger partial charge is 0.369 e. The van der Waals surface area contributed by atoms with Crippen LogP contribution in [0.25, 0.3) is 5.69 Å². The van der Waals surface area contributed by atoms with Crippen LogP contribution in [0.3, 0.4) is 0 Å². The van der Waals surface area contributed by atoms with Gasteiger partial charge in [0, 0.05) is 50.6 Å². The van der Waals surface area contributed by atoms with Gasteiger partial charge in [-0.2, -0.15) is 0 Å². The zero-order valence-corrected chi connectivity index (χ0v) is 16.9. The van der Waals surface area contributed by atoms with Crippen molar-refractivity contribution in [1.82, 2.24) is 14.3 Å². The van der Waals surface area contributed by atoms with Gasteiger partial charge in [0.15, 0.2) is 0 Å². The summed E-state index contributed by atoms with van der Waals surface area (Å²) < 4.78 is 3.74. The molecule has 0 N–H and O–H groups in total. The number of rotatable bonds is 4. The van der Waals surface area contributed by atoms with Crippen LogP contribution in [-0.4, -0.2) is 39.9 Å². The van der Waals surface area contributed by atoms with Gasteiger partial charge in [0.25, 0.3) is 5.56 Å². The van der Waals surface area contributed by atoms with Crippen LogP contribution >= 0.6 is 0 Å². The van der Waals surface area contributed by atoms with Crippen LogP contribution in [0.4, 0.5) is 5.69 Å². The van der Waals surface area contributed by atoms with Crippen LogP contribution in [0.5, 0.6) is 0 Å². The number of hydrogen-bond donors (Lipinski definition) is 0. The molecule has 3 aromatic rings. The van der Waals surface area contributed by atoms with E-state index in [1.807, 2.05) is 49.0 Å². The summed E-state index contributed by atoms with van der Waals surface area (Å²) in [5, 5.41) is 0. The third kappa shape index (κ3) is 3.38. The van der Waals surface area contributed by atoms with Crippen molar-refractivity contribution in [2.45, 2.75) is 26.4 Å². The second kappa shape index (κ2) is 7.68. The molecule has 146 valence electrons. The summed E-state index contributed by atoms with van der Waals surface area (Å²) in [6, 6.07) is 20.8. The van der Waals surface area contributed by atoms with E-state index in [0.717, 1.165) is 36.6 Å². The van der Waals surface area contributed by atoms with Crippen LogP contribution in [0, 0.1) is 6.92 Å². The average Bonchev–Trinajstić information content (AvgIpc) is 2.94. The minimum atomic E-state index is 0.0869. The molecule has 28 heavy (non-hydrogen) atoms. The fourth-order valence-corrected chi connectivity index (χ4v) is 4.11. The predicted octanol–water partition coefficient (Wildman–Crippen LogP) is 3.20. The fourth-order valence-electron chi connectivity index (χ4n) is 4.11. The quantitative estimate of drug-likeness (QED) is 0.701. The Kier molecular flexibility index (Phi) is 5.09. The predicted molar refractivity (Wildman–Crippen MR) is 114 cm³/mol. The van der Waals surface area contributed by atoms with Gasteiger partial charge < -0.3 is 4.90 Å². The first kappa shape index (κ1) is 18.6. The highest BCUT2D eigenvalue weighted by Crippen LogP contribution is 2.21. The summed E-state index contributed by atoms with van der Waals surface area (Å²) in [4.78, 5) is 18.0. The maximum absolute atomic E-state index is 13.2. The molecule has 1 aliphatic rings. The number of anilines is 1. The second-order valence-electron chi connectivity index (χ2n) is 7.64. The Morgan fingerprint density at radius 3 is 2.14 bits per heavy atom. The van der Waals surface area contributed by atoms with E-state index < -0.39 is 0 Å². The first-order valence-corrected chi connectivity index (χ1v) is 9.93. The average molecular weight is 377 g/mol. The molecule has 0 aliphatic carbocycles. The molecule has 0 radical (unpaired) electrons. The topological polar surface area (TPSA) is 33.4 Å². The molecule has 1 unspecified atom stereocenters. The third-order valence-corrected chi connectivity index (χ3v) is 5.92. The maximum atomic E-state index is 13.2. The van der Waals surface area contributed by atoms with E-state index in [0.29, 0.717) is 12.6 Å². The lowest BCUT2D eigenvalue weighted by molar-refractivity contribution is 0.180. The zero-order valence-electron chi connectivity index (χ0n) is 16.9. The van der Waals surface area contributed by atoms with Crippen LogP contribution in [0.2, 0.25) is 0 Å². The SMILES string of the molecule is Cc1c(CN2CCN(c3ccccc3)CC2C)c(=O)n(-c2ccccc2)n1C. The number of hydrogen-bond acceptors (Lipinski definition) is 3. The van der Waals surface area contributed by atoms with Crippen molar-refractivity contribution >= 4 is 5.69 Å². The highest BCUT2D eigenvalue weighted by Gasteiger charge is 2.26. The van der Waals surface area contributed by atoms with Crippen molar-refractivity contribution in [1.29, 1.82) is 0 Å². The second-order valence-corrected chi connectivity index (χ2v) is 7.64. The molecule has 1 atom stereocenters. The maximum Gasteiger partial charge on any atom is 0.276 e. The van der Waals surface area contributed by atoms with E-state index in [1.54, 1.807) is 4.68 Å². The molecular formula is C23H28N4O. The summed E-state index contributed by atoms with van der Waals surface area (Å²) in [6.45, 7) is 7.90. The lowest BCUT2D eigenvalue weighted by atomic mass is 10.1. The lowest BCUT2D eigenvalue weighted by Crippen LogP contribution is -2.51. The van der Waals surface area contributed by atoms with Gasteiger partial charge in [0.05, 0.1) is 11.3 Å². The molecule has 4 rings (SSSR count). The van der Waals surface area contributed by atoms with E-state index in [2.05, 4.69) is 47.1 Å². The molecule has 5 heteroatoms. The number of benzene rings is 2. The smallest absolute Gasteiger partial charge is 0.276 e. The van der Waals surface area contributed by atoms with Crippen molar-refractivity contribution in [3.05, 3.63) is 82.3 Å². The standard InChI is InChI=1S/C23H28N4O/c1-18-16-26(20-10-6-4-7-11-20)15-14-25(18)17-22-19(2)24(3)27(23(22)28)21-12-8-5-9-13-21/h4-13,18H,14-17H2,1-3H3. The van der Waals surface area contributed by atoms with E-state index in [1.165, 1.54) is 5.69 Å². The minimum absolute atomic E-state index is 0.0869. The molecule has 5 nitrogen and oxygen atoms in total. The van der Waals surface area contributed by atoms with Crippen molar-refractivity contribution in [2.24, 2.45) is 7.05 Å². The number of aromatic nitrogens is 2. The van der Waals surface area contributed by atoms with E-state index in [4.69, 9.17) is 0 Å². The lowest BCUT2D eigenvalue weighted by Gasteiger charge is -2.40.